The summed E-state index contributed by atoms with van der Waals surface area (Å²) < 4.78 is 2.53. The lowest BCUT2D eigenvalue weighted by Gasteiger charge is -2.11. The standard InChI is InChI=1S/C12H13N3OS/c16-10(8-4-2-1-3-5-8)11-13-14-12(17)15(11)9-6-7-9/h1-5,9-10,16H,6-7H2,(H,14,17). The smallest absolute Gasteiger partial charge is 0.195 e. The first-order valence-corrected chi connectivity index (χ1v) is 6.08. The lowest BCUT2D eigenvalue weighted by atomic mass is 10.1. The van der Waals surface area contributed by atoms with Crippen LogP contribution in [0.1, 0.15) is 36.4 Å². The van der Waals surface area contributed by atoms with Crippen molar-refractivity contribution in [2.45, 2.75) is 25.0 Å². The van der Waals surface area contributed by atoms with Gasteiger partial charge in [0.25, 0.3) is 0 Å². The lowest BCUT2D eigenvalue weighted by Crippen LogP contribution is -2.09. The van der Waals surface area contributed by atoms with Gasteiger partial charge in [-0.25, -0.2) is 0 Å². The third-order valence-electron chi connectivity index (χ3n) is 3.00. The molecule has 4 nitrogen and oxygen atoms in total. The van der Waals surface area contributed by atoms with Crippen molar-refractivity contribution in [2.24, 2.45) is 0 Å². The van der Waals surface area contributed by atoms with E-state index in [1.807, 2.05) is 34.9 Å². The SMILES string of the molecule is OC(c1ccccc1)c1n[nH]c(=S)n1C1CC1. The maximum absolute atomic E-state index is 10.3. The molecule has 0 spiro atoms. The van der Waals surface area contributed by atoms with Crippen LogP contribution in [0.5, 0.6) is 0 Å². The highest BCUT2D eigenvalue weighted by Gasteiger charge is 2.29. The molecule has 1 atom stereocenters. The molecule has 2 aromatic rings. The highest BCUT2D eigenvalue weighted by atomic mass is 32.1. The van der Waals surface area contributed by atoms with Gasteiger partial charge in [-0.05, 0) is 30.6 Å². The third-order valence-corrected chi connectivity index (χ3v) is 3.29. The Morgan fingerprint density at radius 3 is 2.71 bits per heavy atom. The Labute approximate surface area is 104 Å². The minimum absolute atomic E-state index is 0.412. The zero-order valence-electron chi connectivity index (χ0n) is 9.21. The average Bonchev–Trinajstić information content (AvgIpc) is 3.13. The van der Waals surface area contributed by atoms with Gasteiger partial charge >= 0.3 is 0 Å². The molecule has 0 bridgehead atoms. The van der Waals surface area contributed by atoms with E-state index < -0.39 is 6.10 Å². The molecule has 88 valence electrons. The second-order valence-corrected chi connectivity index (χ2v) is 4.69. The van der Waals surface area contributed by atoms with Crippen LogP contribution in [0.3, 0.4) is 0 Å². The first-order valence-electron chi connectivity index (χ1n) is 5.67. The van der Waals surface area contributed by atoms with Gasteiger partial charge in [0.1, 0.15) is 6.10 Å². The molecule has 3 rings (SSSR count). The predicted molar refractivity (Wildman–Crippen MR) is 66.2 cm³/mol. The van der Waals surface area contributed by atoms with Crippen LogP contribution in [0, 0.1) is 4.77 Å². The van der Waals surface area contributed by atoms with E-state index in [4.69, 9.17) is 12.2 Å². The summed E-state index contributed by atoms with van der Waals surface area (Å²) in [5, 5.41) is 17.2. The summed E-state index contributed by atoms with van der Waals surface area (Å²) in [6, 6.07) is 9.92. The largest absolute Gasteiger partial charge is 0.380 e. The molecule has 1 aromatic heterocycles. The van der Waals surface area contributed by atoms with Crippen LogP contribution in [-0.2, 0) is 0 Å². The van der Waals surface area contributed by atoms with Crippen molar-refractivity contribution in [1.29, 1.82) is 0 Å². The number of aliphatic hydroxyl groups is 1. The monoisotopic (exact) mass is 247 g/mol. The number of hydrogen-bond donors (Lipinski definition) is 2. The van der Waals surface area contributed by atoms with Crippen LogP contribution >= 0.6 is 12.2 Å². The molecule has 1 aliphatic carbocycles. The Balaban J connectivity index is 2.02. The van der Waals surface area contributed by atoms with E-state index in [-0.39, 0.29) is 0 Å². The van der Waals surface area contributed by atoms with E-state index in [0.717, 1.165) is 18.4 Å². The van der Waals surface area contributed by atoms with Crippen molar-refractivity contribution < 1.29 is 5.11 Å². The van der Waals surface area contributed by atoms with Crippen LogP contribution in [0.25, 0.3) is 0 Å². The Bertz CT molecular complexity index is 571. The summed E-state index contributed by atoms with van der Waals surface area (Å²) in [7, 11) is 0. The molecular weight excluding hydrogens is 234 g/mol. The summed E-state index contributed by atoms with van der Waals surface area (Å²) in [5.41, 5.74) is 0.836. The number of aromatic amines is 1. The fraction of sp³-hybridized carbons (Fsp3) is 0.333. The Morgan fingerprint density at radius 1 is 1.35 bits per heavy atom. The second-order valence-electron chi connectivity index (χ2n) is 4.30. The van der Waals surface area contributed by atoms with Crippen molar-refractivity contribution in [2.75, 3.05) is 0 Å². The molecule has 0 amide bonds. The van der Waals surface area contributed by atoms with Gasteiger partial charge in [0.05, 0.1) is 0 Å². The quantitative estimate of drug-likeness (QED) is 0.819. The van der Waals surface area contributed by atoms with E-state index in [9.17, 15) is 5.11 Å². The molecule has 1 heterocycles. The molecule has 0 saturated heterocycles. The molecule has 1 unspecified atom stereocenters. The number of H-pyrrole nitrogens is 1. The number of hydrogen-bond acceptors (Lipinski definition) is 3. The molecule has 17 heavy (non-hydrogen) atoms. The molecule has 1 aliphatic rings. The molecule has 2 N–H and O–H groups in total. The van der Waals surface area contributed by atoms with Gasteiger partial charge in [-0.3, -0.25) is 9.67 Å². The van der Waals surface area contributed by atoms with Gasteiger partial charge in [0, 0.05) is 6.04 Å². The molecular formula is C12H13N3OS. The summed E-state index contributed by atoms with van der Waals surface area (Å²) in [4.78, 5) is 0. The minimum atomic E-state index is -0.718. The van der Waals surface area contributed by atoms with Crippen molar-refractivity contribution in [1.82, 2.24) is 14.8 Å². The number of benzene rings is 1. The minimum Gasteiger partial charge on any atom is -0.380 e. The van der Waals surface area contributed by atoms with Crippen molar-refractivity contribution in [3.05, 3.63) is 46.5 Å². The number of aliphatic hydroxyl groups excluding tert-OH is 1. The van der Waals surface area contributed by atoms with Gasteiger partial charge in [-0.1, -0.05) is 30.3 Å². The molecule has 5 heteroatoms. The van der Waals surface area contributed by atoms with E-state index in [1.165, 1.54) is 0 Å². The topological polar surface area (TPSA) is 53.8 Å². The van der Waals surface area contributed by atoms with E-state index >= 15 is 0 Å². The Morgan fingerprint density at radius 2 is 2.06 bits per heavy atom. The Kier molecular flexibility index (Phi) is 2.57. The average molecular weight is 247 g/mol. The number of nitrogens with one attached hydrogen (secondary N) is 1. The maximum Gasteiger partial charge on any atom is 0.195 e. The molecule has 1 saturated carbocycles. The fourth-order valence-electron chi connectivity index (χ4n) is 1.98. The first kappa shape index (κ1) is 10.7. The lowest BCUT2D eigenvalue weighted by molar-refractivity contribution is 0.204. The van der Waals surface area contributed by atoms with Gasteiger partial charge in [0.2, 0.25) is 0 Å². The van der Waals surface area contributed by atoms with Crippen molar-refractivity contribution in [3.63, 3.8) is 0 Å². The van der Waals surface area contributed by atoms with Crippen LogP contribution in [0.4, 0.5) is 0 Å². The van der Waals surface area contributed by atoms with Crippen LogP contribution < -0.4 is 0 Å². The van der Waals surface area contributed by atoms with E-state index in [2.05, 4.69) is 10.2 Å². The number of aromatic nitrogens is 3. The van der Waals surface area contributed by atoms with E-state index in [1.54, 1.807) is 0 Å². The summed E-state index contributed by atoms with van der Waals surface area (Å²) in [6.07, 6.45) is 1.51. The van der Waals surface area contributed by atoms with Crippen LogP contribution in [-0.4, -0.2) is 19.9 Å². The highest BCUT2D eigenvalue weighted by Crippen LogP contribution is 2.37. The highest BCUT2D eigenvalue weighted by molar-refractivity contribution is 7.71. The van der Waals surface area contributed by atoms with Gasteiger partial charge in [-0.2, -0.15) is 5.10 Å². The van der Waals surface area contributed by atoms with Gasteiger partial charge < -0.3 is 5.11 Å². The Hall–Kier alpha value is -1.46. The maximum atomic E-state index is 10.3. The van der Waals surface area contributed by atoms with Gasteiger partial charge in [-0.15, -0.1) is 0 Å². The fourth-order valence-corrected chi connectivity index (χ4v) is 2.27. The third kappa shape index (κ3) is 1.92. The van der Waals surface area contributed by atoms with Crippen molar-refractivity contribution in [3.8, 4) is 0 Å². The van der Waals surface area contributed by atoms with Crippen molar-refractivity contribution >= 4 is 12.2 Å². The second kappa shape index (κ2) is 4.09. The zero-order valence-corrected chi connectivity index (χ0v) is 10.0. The summed E-state index contributed by atoms with van der Waals surface area (Å²) in [6.45, 7) is 0. The van der Waals surface area contributed by atoms with E-state index in [0.29, 0.717) is 16.6 Å². The predicted octanol–water partition coefficient (Wildman–Crippen LogP) is 2.36. The molecule has 0 radical (unpaired) electrons. The molecule has 0 aliphatic heterocycles. The number of nitrogens with zero attached hydrogens (tertiary/aromatic N) is 2. The molecule has 1 fully saturated rings. The first-order chi connectivity index (χ1) is 8.27. The van der Waals surface area contributed by atoms with Gasteiger partial charge in [0.15, 0.2) is 10.6 Å². The summed E-state index contributed by atoms with van der Waals surface area (Å²) in [5.74, 6) is 0.615. The number of rotatable bonds is 3. The normalized spacial score (nSPS) is 17.0. The van der Waals surface area contributed by atoms with Crippen LogP contribution in [0.15, 0.2) is 30.3 Å². The van der Waals surface area contributed by atoms with Crippen LogP contribution in [0.2, 0.25) is 0 Å². The zero-order chi connectivity index (χ0) is 11.8. The summed E-state index contributed by atoms with van der Waals surface area (Å²) >= 11 is 5.19. The molecule has 1 aromatic carbocycles.